The van der Waals surface area contributed by atoms with Gasteiger partial charge in [-0.2, -0.15) is 5.10 Å². The Bertz CT molecular complexity index is 480. The molecule has 0 aliphatic rings. The Morgan fingerprint density at radius 2 is 2.12 bits per heavy atom. The molecule has 2 rings (SSSR count). The van der Waals surface area contributed by atoms with Crippen LogP contribution in [0.15, 0.2) is 31.1 Å². The normalized spacial score (nSPS) is 10.0. The molecular formula is C9H10N6O. The van der Waals surface area contributed by atoms with Crippen molar-refractivity contribution in [2.24, 2.45) is 0 Å². The maximum atomic E-state index is 11.5. The van der Waals surface area contributed by atoms with Gasteiger partial charge in [0.2, 0.25) is 5.91 Å². The van der Waals surface area contributed by atoms with Crippen molar-refractivity contribution in [1.82, 2.24) is 19.7 Å². The molecule has 7 heteroatoms. The van der Waals surface area contributed by atoms with Crippen LogP contribution in [-0.4, -0.2) is 25.7 Å². The van der Waals surface area contributed by atoms with Crippen LogP contribution in [0.2, 0.25) is 0 Å². The van der Waals surface area contributed by atoms with E-state index < -0.39 is 0 Å². The first-order valence-corrected chi connectivity index (χ1v) is 4.57. The van der Waals surface area contributed by atoms with Crippen molar-refractivity contribution >= 4 is 17.3 Å². The molecular weight excluding hydrogens is 208 g/mol. The third-order valence-electron chi connectivity index (χ3n) is 1.80. The van der Waals surface area contributed by atoms with E-state index in [1.165, 1.54) is 29.6 Å². The number of carbonyl (C=O) groups is 1. The highest BCUT2D eigenvalue weighted by Crippen LogP contribution is 2.02. The van der Waals surface area contributed by atoms with E-state index in [0.717, 1.165) is 0 Å². The first-order valence-electron chi connectivity index (χ1n) is 4.57. The Hall–Kier alpha value is -2.44. The second-order valence-electron chi connectivity index (χ2n) is 3.15. The predicted octanol–water partition coefficient (Wildman–Crippen LogP) is -0.106. The minimum absolute atomic E-state index is 0.103. The standard InChI is InChI=1S/C9H10N6O/c10-7-1-13-15(4-7)5-9(16)14-8-2-11-6-12-3-8/h1-4,6H,5,10H2,(H,14,16). The number of hydrogen-bond acceptors (Lipinski definition) is 5. The molecule has 0 spiro atoms. The van der Waals surface area contributed by atoms with Gasteiger partial charge < -0.3 is 11.1 Å². The average Bonchev–Trinajstić information content (AvgIpc) is 2.65. The third kappa shape index (κ3) is 2.53. The summed E-state index contributed by atoms with van der Waals surface area (Å²) in [5, 5.41) is 6.53. The van der Waals surface area contributed by atoms with Crippen LogP contribution in [0.5, 0.6) is 0 Å². The van der Waals surface area contributed by atoms with Crippen molar-refractivity contribution in [1.29, 1.82) is 0 Å². The van der Waals surface area contributed by atoms with Crippen LogP contribution in [-0.2, 0) is 11.3 Å². The Balaban J connectivity index is 1.95. The van der Waals surface area contributed by atoms with Gasteiger partial charge in [-0.05, 0) is 0 Å². The molecule has 0 saturated carbocycles. The van der Waals surface area contributed by atoms with Gasteiger partial charge in [-0.1, -0.05) is 0 Å². The molecule has 16 heavy (non-hydrogen) atoms. The Morgan fingerprint density at radius 1 is 1.38 bits per heavy atom. The molecule has 0 fully saturated rings. The Morgan fingerprint density at radius 3 is 2.75 bits per heavy atom. The van der Waals surface area contributed by atoms with Crippen LogP contribution in [0.1, 0.15) is 0 Å². The lowest BCUT2D eigenvalue weighted by Crippen LogP contribution is -2.19. The highest BCUT2D eigenvalue weighted by atomic mass is 16.2. The van der Waals surface area contributed by atoms with Crippen LogP contribution in [0.4, 0.5) is 11.4 Å². The molecule has 1 amide bonds. The molecule has 0 radical (unpaired) electrons. The SMILES string of the molecule is Nc1cnn(CC(=O)Nc2cncnc2)c1. The summed E-state index contributed by atoms with van der Waals surface area (Å²) in [6.45, 7) is 0.103. The number of hydrogen-bond donors (Lipinski definition) is 2. The second kappa shape index (κ2) is 4.39. The van der Waals surface area contributed by atoms with E-state index in [2.05, 4.69) is 20.4 Å². The lowest BCUT2D eigenvalue weighted by atomic mass is 10.5. The van der Waals surface area contributed by atoms with Crippen LogP contribution in [0.25, 0.3) is 0 Å². The number of nitrogen functional groups attached to an aromatic ring is 1. The molecule has 0 atom stereocenters. The number of rotatable bonds is 3. The van der Waals surface area contributed by atoms with Gasteiger partial charge >= 0.3 is 0 Å². The zero-order chi connectivity index (χ0) is 11.4. The topological polar surface area (TPSA) is 98.7 Å². The maximum Gasteiger partial charge on any atom is 0.246 e. The molecule has 0 aliphatic heterocycles. The molecule has 7 nitrogen and oxygen atoms in total. The van der Waals surface area contributed by atoms with Gasteiger partial charge in [0.1, 0.15) is 12.9 Å². The molecule has 0 aromatic carbocycles. The first kappa shape index (κ1) is 10.1. The quantitative estimate of drug-likeness (QED) is 0.749. The summed E-state index contributed by atoms with van der Waals surface area (Å²) in [7, 11) is 0. The van der Waals surface area contributed by atoms with E-state index in [1.807, 2.05) is 0 Å². The summed E-state index contributed by atoms with van der Waals surface area (Å²) < 4.78 is 1.45. The number of amides is 1. The summed E-state index contributed by atoms with van der Waals surface area (Å²) in [6.07, 6.45) is 7.49. The Labute approximate surface area is 91.3 Å². The van der Waals surface area contributed by atoms with E-state index in [4.69, 9.17) is 5.73 Å². The predicted molar refractivity (Wildman–Crippen MR) is 57.3 cm³/mol. The van der Waals surface area contributed by atoms with Crippen molar-refractivity contribution in [3.05, 3.63) is 31.1 Å². The highest BCUT2D eigenvalue weighted by Gasteiger charge is 2.04. The highest BCUT2D eigenvalue weighted by molar-refractivity contribution is 5.90. The summed E-state index contributed by atoms with van der Waals surface area (Å²) in [5.41, 5.74) is 6.54. The van der Waals surface area contributed by atoms with Crippen molar-refractivity contribution in [3.63, 3.8) is 0 Å². The zero-order valence-corrected chi connectivity index (χ0v) is 8.37. The molecule has 2 aromatic heterocycles. The minimum atomic E-state index is -0.210. The maximum absolute atomic E-state index is 11.5. The number of aromatic nitrogens is 4. The van der Waals surface area contributed by atoms with Gasteiger partial charge in [-0.3, -0.25) is 9.48 Å². The van der Waals surface area contributed by atoms with Crippen LogP contribution in [0, 0.1) is 0 Å². The lowest BCUT2D eigenvalue weighted by molar-refractivity contribution is -0.116. The van der Waals surface area contributed by atoms with E-state index in [9.17, 15) is 4.79 Å². The van der Waals surface area contributed by atoms with Crippen LogP contribution in [0.3, 0.4) is 0 Å². The molecule has 0 bridgehead atoms. The van der Waals surface area contributed by atoms with Gasteiger partial charge in [-0.25, -0.2) is 9.97 Å². The van der Waals surface area contributed by atoms with E-state index in [1.54, 1.807) is 6.20 Å². The van der Waals surface area contributed by atoms with Crippen molar-refractivity contribution < 1.29 is 4.79 Å². The summed E-state index contributed by atoms with van der Waals surface area (Å²) in [6, 6.07) is 0. The fraction of sp³-hybridized carbons (Fsp3) is 0.111. The Kier molecular flexibility index (Phi) is 2.77. The smallest absolute Gasteiger partial charge is 0.246 e. The molecule has 82 valence electrons. The van der Waals surface area contributed by atoms with Gasteiger partial charge in [0.25, 0.3) is 0 Å². The number of nitrogens with two attached hydrogens (primary N) is 1. The van der Waals surface area contributed by atoms with E-state index in [-0.39, 0.29) is 12.5 Å². The number of anilines is 2. The van der Waals surface area contributed by atoms with Gasteiger partial charge in [0, 0.05) is 6.20 Å². The van der Waals surface area contributed by atoms with Gasteiger partial charge in [-0.15, -0.1) is 0 Å². The fourth-order valence-electron chi connectivity index (χ4n) is 1.18. The second-order valence-corrected chi connectivity index (χ2v) is 3.15. The van der Waals surface area contributed by atoms with Gasteiger partial charge in [0.15, 0.2) is 0 Å². The lowest BCUT2D eigenvalue weighted by Gasteiger charge is -2.03. The number of carbonyl (C=O) groups excluding carboxylic acids is 1. The summed E-state index contributed by atoms with van der Waals surface area (Å²) in [4.78, 5) is 19.1. The van der Waals surface area contributed by atoms with E-state index >= 15 is 0 Å². The van der Waals surface area contributed by atoms with Crippen LogP contribution >= 0.6 is 0 Å². The van der Waals surface area contributed by atoms with E-state index in [0.29, 0.717) is 11.4 Å². The zero-order valence-electron chi connectivity index (χ0n) is 8.37. The average molecular weight is 218 g/mol. The largest absolute Gasteiger partial charge is 0.396 e. The molecule has 3 N–H and O–H groups in total. The third-order valence-corrected chi connectivity index (χ3v) is 1.80. The van der Waals surface area contributed by atoms with Crippen molar-refractivity contribution in [3.8, 4) is 0 Å². The number of nitrogens with one attached hydrogen (secondary N) is 1. The minimum Gasteiger partial charge on any atom is -0.396 e. The van der Waals surface area contributed by atoms with Crippen molar-refractivity contribution in [2.45, 2.75) is 6.54 Å². The first-order chi connectivity index (χ1) is 7.74. The molecule has 2 heterocycles. The fourth-order valence-corrected chi connectivity index (χ4v) is 1.18. The van der Waals surface area contributed by atoms with Gasteiger partial charge in [0.05, 0.1) is 30.0 Å². The molecule has 0 aliphatic carbocycles. The molecule has 0 saturated heterocycles. The van der Waals surface area contributed by atoms with Crippen LogP contribution < -0.4 is 11.1 Å². The molecule has 2 aromatic rings. The summed E-state index contributed by atoms with van der Waals surface area (Å²) >= 11 is 0. The summed E-state index contributed by atoms with van der Waals surface area (Å²) in [5.74, 6) is -0.210. The monoisotopic (exact) mass is 218 g/mol. The number of nitrogens with zero attached hydrogens (tertiary/aromatic N) is 4. The molecule has 0 unspecified atom stereocenters. The van der Waals surface area contributed by atoms with Crippen molar-refractivity contribution in [2.75, 3.05) is 11.1 Å².